The number of pyridine rings is 1. The number of hydrogen-bond acceptors (Lipinski definition) is 4. The second kappa shape index (κ2) is 6.50. The Kier molecular flexibility index (Phi) is 4.26. The van der Waals surface area contributed by atoms with Crippen molar-refractivity contribution in [1.29, 1.82) is 0 Å². The van der Waals surface area contributed by atoms with E-state index in [-0.39, 0.29) is 0 Å². The van der Waals surface area contributed by atoms with E-state index in [9.17, 15) is 0 Å². The Morgan fingerprint density at radius 3 is 2.29 bits per heavy atom. The van der Waals surface area contributed by atoms with Crippen molar-refractivity contribution < 1.29 is 0 Å². The molecule has 3 aromatic rings. The molecule has 2 aromatic heterocycles. The van der Waals surface area contributed by atoms with E-state index in [2.05, 4.69) is 46.4 Å². The molecule has 0 bridgehead atoms. The van der Waals surface area contributed by atoms with Crippen LogP contribution < -0.4 is 0 Å². The van der Waals surface area contributed by atoms with Gasteiger partial charge in [-0.1, -0.05) is 41.6 Å². The normalized spacial score (nSPS) is 10.5. The standard InChI is InChI=1S/C17H15N3S/c1-13-2-4-14(5-3-13)12-21-17-7-6-16(19-20-17)15-8-10-18-11-9-15/h2-11H,12H2,1H3. The first-order valence-electron chi connectivity index (χ1n) is 6.74. The van der Waals surface area contributed by atoms with Crippen LogP contribution >= 0.6 is 11.8 Å². The van der Waals surface area contributed by atoms with E-state index in [4.69, 9.17) is 0 Å². The summed E-state index contributed by atoms with van der Waals surface area (Å²) in [6.45, 7) is 2.10. The fourth-order valence-corrected chi connectivity index (χ4v) is 2.69. The quantitative estimate of drug-likeness (QED) is 0.678. The van der Waals surface area contributed by atoms with E-state index in [1.165, 1.54) is 11.1 Å². The first-order chi connectivity index (χ1) is 10.3. The molecule has 104 valence electrons. The molecule has 0 N–H and O–H groups in total. The number of aryl methyl sites for hydroxylation is 1. The van der Waals surface area contributed by atoms with Crippen LogP contribution in [0.1, 0.15) is 11.1 Å². The molecule has 0 amide bonds. The minimum atomic E-state index is 0.872. The van der Waals surface area contributed by atoms with Gasteiger partial charge in [-0.05, 0) is 36.8 Å². The molecule has 0 aliphatic carbocycles. The maximum atomic E-state index is 4.28. The largest absolute Gasteiger partial charge is 0.265 e. The summed E-state index contributed by atoms with van der Waals surface area (Å²) in [6, 6.07) is 16.5. The van der Waals surface area contributed by atoms with E-state index >= 15 is 0 Å². The first-order valence-corrected chi connectivity index (χ1v) is 7.72. The predicted octanol–water partition coefficient (Wildman–Crippen LogP) is 4.14. The predicted molar refractivity (Wildman–Crippen MR) is 86.0 cm³/mol. The Hall–Kier alpha value is -2.20. The van der Waals surface area contributed by atoms with Gasteiger partial charge in [-0.25, -0.2) is 0 Å². The molecule has 0 aliphatic rings. The number of rotatable bonds is 4. The van der Waals surface area contributed by atoms with E-state index in [0.29, 0.717) is 0 Å². The summed E-state index contributed by atoms with van der Waals surface area (Å²) in [4.78, 5) is 4.01. The van der Waals surface area contributed by atoms with Gasteiger partial charge in [-0.15, -0.1) is 10.2 Å². The highest BCUT2D eigenvalue weighted by Crippen LogP contribution is 2.22. The van der Waals surface area contributed by atoms with Crippen LogP contribution in [-0.4, -0.2) is 15.2 Å². The van der Waals surface area contributed by atoms with Gasteiger partial charge in [0.25, 0.3) is 0 Å². The number of thioether (sulfide) groups is 1. The van der Waals surface area contributed by atoms with Crippen molar-refractivity contribution in [2.75, 3.05) is 0 Å². The molecule has 3 rings (SSSR count). The third-order valence-corrected chi connectivity index (χ3v) is 4.11. The molecule has 0 atom stereocenters. The molecule has 0 saturated carbocycles. The Bertz CT molecular complexity index is 694. The minimum absolute atomic E-state index is 0.872. The third kappa shape index (κ3) is 3.67. The lowest BCUT2D eigenvalue weighted by Crippen LogP contribution is -1.90. The van der Waals surface area contributed by atoms with Gasteiger partial charge >= 0.3 is 0 Å². The fourth-order valence-electron chi connectivity index (χ4n) is 1.92. The number of hydrogen-bond donors (Lipinski definition) is 0. The first kappa shape index (κ1) is 13.8. The molecule has 0 spiro atoms. The Balaban J connectivity index is 1.66. The van der Waals surface area contributed by atoms with Crippen LogP contribution in [-0.2, 0) is 5.75 Å². The molecule has 3 nitrogen and oxygen atoms in total. The molecule has 0 saturated heterocycles. The van der Waals surface area contributed by atoms with Crippen LogP contribution in [0.4, 0.5) is 0 Å². The SMILES string of the molecule is Cc1ccc(CSc2ccc(-c3ccncc3)nn2)cc1. The maximum Gasteiger partial charge on any atom is 0.119 e. The zero-order valence-corrected chi connectivity index (χ0v) is 12.5. The molecule has 0 fully saturated rings. The van der Waals surface area contributed by atoms with Gasteiger partial charge in [0, 0.05) is 23.7 Å². The van der Waals surface area contributed by atoms with Crippen molar-refractivity contribution >= 4 is 11.8 Å². The average molecular weight is 293 g/mol. The molecule has 2 heterocycles. The lowest BCUT2D eigenvalue weighted by Gasteiger charge is -2.03. The summed E-state index contributed by atoms with van der Waals surface area (Å²) < 4.78 is 0. The molecule has 4 heteroatoms. The number of nitrogens with zero attached hydrogens (tertiary/aromatic N) is 3. The van der Waals surface area contributed by atoms with Crippen molar-refractivity contribution in [1.82, 2.24) is 15.2 Å². The van der Waals surface area contributed by atoms with Crippen molar-refractivity contribution in [2.24, 2.45) is 0 Å². The smallest absolute Gasteiger partial charge is 0.119 e. The van der Waals surface area contributed by atoms with Gasteiger partial charge < -0.3 is 0 Å². The Labute approximate surface area is 128 Å². The molecule has 0 radical (unpaired) electrons. The van der Waals surface area contributed by atoms with Gasteiger partial charge in [0.15, 0.2) is 0 Å². The second-order valence-electron chi connectivity index (χ2n) is 4.77. The lowest BCUT2D eigenvalue weighted by molar-refractivity contribution is 0.935. The third-order valence-electron chi connectivity index (χ3n) is 3.12. The van der Waals surface area contributed by atoms with Crippen LogP contribution in [0.15, 0.2) is 66.0 Å². The van der Waals surface area contributed by atoms with Crippen molar-refractivity contribution in [2.45, 2.75) is 17.7 Å². The van der Waals surface area contributed by atoms with Crippen LogP contribution in [0, 0.1) is 6.92 Å². The van der Waals surface area contributed by atoms with Crippen LogP contribution in [0.2, 0.25) is 0 Å². The summed E-state index contributed by atoms with van der Waals surface area (Å²) in [6.07, 6.45) is 3.52. The highest BCUT2D eigenvalue weighted by Gasteiger charge is 2.02. The number of benzene rings is 1. The summed E-state index contributed by atoms with van der Waals surface area (Å²) >= 11 is 1.70. The van der Waals surface area contributed by atoms with Crippen molar-refractivity contribution in [3.05, 3.63) is 72.1 Å². The minimum Gasteiger partial charge on any atom is -0.265 e. The van der Waals surface area contributed by atoms with E-state index in [1.54, 1.807) is 24.2 Å². The average Bonchev–Trinajstić information content (AvgIpc) is 2.56. The molecular formula is C17H15N3S. The summed E-state index contributed by atoms with van der Waals surface area (Å²) in [5, 5.41) is 9.50. The highest BCUT2D eigenvalue weighted by atomic mass is 32.2. The maximum absolute atomic E-state index is 4.28. The van der Waals surface area contributed by atoms with Gasteiger partial charge in [-0.2, -0.15) is 0 Å². The second-order valence-corrected chi connectivity index (χ2v) is 5.76. The molecule has 0 unspecified atom stereocenters. The Morgan fingerprint density at radius 1 is 0.857 bits per heavy atom. The summed E-state index contributed by atoms with van der Waals surface area (Å²) in [7, 11) is 0. The van der Waals surface area contributed by atoms with E-state index in [1.807, 2.05) is 24.3 Å². The van der Waals surface area contributed by atoms with E-state index in [0.717, 1.165) is 22.0 Å². The fraction of sp³-hybridized carbons (Fsp3) is 0.118. The molecular weight excluding hydrogens is 278 g/mol. The highest BCUT2D eigenvalue weighted by molar-refractivity contribution is 7.98. The van der Waals surface area contributed by atoms with Gasteiger partial charge in [-0.3, -0.25) is 4.98 Å². The van der Waals surface area contributed by atoms with E-state index < -0.39 is 0 Å². The van der Waals surface area contributed by atoms with Crippen LogP contribution in [0.25, 0.3) is 11.3 Å². The topological polar surface area (TPSA) is 38.7 Å². The Morgan fingerprint density at radius 2 is 1.62 bits per heavy atom. The lowest BCUT2D eigenvalue weighted by atomic mass is 10.2. The van der Waals surface area contributed by atoms with Gasteiger partial charge in [0.2, 0.25) is 0 Å². The van der Waals surface area contributed by atoms with Crippen molar-refractivity contribution in [3.63, 3.8) is 0 Å². The zero-order chi connectivity index (χ0) is 14.5. The molecule has 0 aliphatic heterocycles. The summed E-state index contributed by atoms with van der Waals surface area (Å²) in [5.74, 6) is 0.906. The molecule has 21 heavy (non-hydrogen) atoms. The van der Waals surface area contributed by atoms with Gasteiger partial charge in [0.05, 0.1) is 5.69 Å². The van der Waals surface area contributed by atoms with Crippen molar-refractivity contribution in [3.8, 4) is 11.3 Å². The molecule has 1 aromatic carbocycles. The zero-order valence-electron chi connectivity index (χ0n) is 11.7. The monoisotopic (exact) mass is 293 g/mol. The van der Waals surface area contributed by atoms with Gasteiger partial charge in [0.1, 0.15) is 5.03 Å². The van der Waals surface area contributed by atoms with Crippen LogP contribution in [0.5, 0.6) is 0 Å². The summed E-state index contributed by atoms with van der Waals surface area (Å²) in [5.41, 5.74) is 4.49. The van der Waals surface area contributed by atoms with Crippen LogP contribution in [0.3, 0.4) is 0 Å². The number of aromatic nitrogens is 3.